The molecule has 5 aromatic carbocycles. The average Bonchev–Trinajstić information content (AvgIpc) is 3.72. The van der Waals surface area contributed by atoms with Crippen LogP contribution in [0.25, 0.3) is 21.5 Å². The third-order valence-corrected chi connectivity index (χ3v) is 11.3. The zero-order chi connectivity index (χ0) is 33.9. The molecule has 0 aliphatic heterocycles. The second-order valence-electron chi connectivity index (χ2n) is 14.8. The molecule has 49 heavy (non-hydrogen) atoms. The predicted octanol–water partition coefficient (Wildman–Crippen LogP) is 6.18. The maximum absolute atomic E-state index is 2.99. The van der Waals surface area contributed by atoms with Crippen molar-refractivity contribution >= 4 is 29.0 Å². The zero-order valence-electron chi connectivity index (χ0n) is 30.8. The molecule has 0 atom stereocenters. The maximum Gasteiger partial charge on any atom is -1.00 e. The summed E-state index contributed by atoms with van der Waals surface area (Å²) in [5.41, 5.74) is 8.98. The van der Waals surface area contributed by atoms with Crippen molar-refractivity contribution in [2.75, 3.05) is 0 Å². The van der Waals surface area contributed by atoms with E-state index < -0.39 is 0 Å². The van der Waals surface area contributed by atoms with E-state index in [1.54, 1.807) is 0 Å². The first kappa shape index (κ1) is 42.6. The molecule has 0 amide bonds. The molecule has 0 heterocycles. The van der Waals surface area contributed by atoms with Gasteiger partial charge in [0.25, 0.3) is 0 Å². The van der Waals surface area contributed by atoms with E-state index in [2.05, 4.69) is 166 Å². The predicted molar refractivity (Wildman–Crippen MR) is 207 cm³/mol. The van der Waals surface area contributed by atoms with Gasteiger partial charge in [-0.1, -0.05) is 75.9 Å². The molecule has 1 aliphatic carbocycles. The Morgan fingerprint density at radius 1 is 0.653 bits per heavy atom. The van der Waals surface area contributed by atoms with Crippen molar-refractivity contribution in [3.05, 3.63) is 149 Å². The fourth-order valence-electron chi connectivity index (χ4n) is 6.31. The summed E-state index contributed by atoms with van der Waals surface area (Å²) in [5.74, 6) is 0. The first-order valence-electron chi connectivity index (χ1n) is 17.3. The quantitative estimate of drug-likeness (QED) is 0.181. The molecule has 0 nitrogen and oxygen atoms in total. The van der Waals surface area contributed by atoms with Gasteiger partial charge in [0.15, 0.2) is 0 Å². The van der Waals surface area contributed by atoms with Crippen LogP contribution >= 0.6 is 0 Å². The van der Waals surface area contributed by atoms with Crippen LogP contribution < -0.4 is 24.8 Å². The molecule has 0 bridgehead atoms. The van der Waals surface area contributed by atoms with E-state index >= 15 is 0 Å². The summed E-state index contributed by atoms with van der Waals surface area (Å²) in [6, 6.07) is 33.5. The monoisotopic (exact) mass is 766 g/mol. The summed E-state index contributed by atoms with van der Waals surface area (Å²) in [6.45, 7) is 18.3. The fourth-order valence-corrected chi connectivity index (χ4v) is 8.25. The van der Waals surface area contributed by atoms with Gasteiger partial charge in [-0.2, -0.15) is 6.08 Å². The minimum Gasteiger partial charge on any atom is -1.00 e. The second-order valence-corrected chi connectivity index (χ2v) is 17.6. The molecule has 6 rings (SSSR count). The Kier molecular flexibility index (Phi) is 17.7. The summed E-state index contributed by atoms with van der Waals surface area (Å²) in [6.07, 6.45) is 14.9. The van der Waals surface area contributed by atoms with Crippen LogP contribution in [0.5, 0.6) is 0 Å². The molecule has 0 fully saturated rings. The molecule has 0 aromatic heterocycles. The van der Waals surface area contributed by atoms with Crippen LogP contribution in [0, 0.1) is 19.9 Å². The molecule has 260 valence electrons. The Hall–Kier alpha value is -2.57. The van der Waals surface area contributed by atoms with Gasteiger partial charge in [-0.05, 0) is 24.7 Å². The van der Waals surface area contributed by atoms with Gasteiger partial charge in [0.2, 0.25) is 0 Å². The minimum atomic E-state index is -0.338. The Morgan fingerprint density at radius 2 is 1.08 bits per heavy atom. The third-order valence-electron chi connectivity index (χ3n) is 8.67. The third kappa shape index (κ3) is 13.2. The summed E-state index contributed by atoms with van der Waals surface area (Å²) < 4.78 is 5.11. The van der Waals surface area contributed by atoms with Gasteiger partial charge >= 0.3 is 127 Å². The van der Waals surface area contributed by atoms with Crippen LogP contribution in [0.2, 0.25) is 0 Å². The molecule has 3 heteroatoms. The van der Waals surface area contributed by atoms with Crippen LogP contribution in [0.3, 0.4) is 0 Å². The summed E-state index contributed by atoms with van der Waals surface area (Å²) in [5, 5.41) is 5.55. The van der Waals surface area contributed by atoms with Crippen LogP contribution in [0.1, 0.15) is 94.2 Å². The maximum atomic E-state index is 2.99. The Morgan fingerprint density at radius 3 is 1.41 bits per heavy atom. The van der Waals surface area contributed by atoms with Gasteiger partial charge in [0.05, 0.1) is 0 Å². The van der Waals surface area contributed by atoms with E-state index in [9.17, 15) is 0 Å². The minimum absolute atomic E-state index is 0. The van der Waals surface area contributed by atoms with Crippen molar-refractivity contribution in [2.24, 2.45) is 0 Å². The number of benzene rings is 4. The van der Waals surface area contributed by atoms with Gasteiger partial charge < -0.3 is 24.8 Å². The van der Waals surface area contributed by atoms with Gasteiger partial charge in [0, 0.05) is 0 Å². The summed E-state index contributed by atoms with van der Waals surface area (Å²) >= 11 is -0.338. The van der Waals surface area contributed by atoms with Crippen LogP contribution in [0.15, 0.2) is 109 Å². The van der Waals surface area contributed by atoms with Gasteiger partial charge in [0.1, 0.15) is 0 Å². The number of halogens is 2. The van der Waals surface area contributed by atoms with E-state index in [1.807, 2.05) is 12.2 Å². The van der Waals surface area contributed by atoms with Crippen molar-refractivity contribution in [3.8, 4) is 0 Å². The Balaban J connectivity index is 0.000000290. The van der Waals surface area contributed by atoms with Crippen molar-refractivity contribution in [1.29, 1.82) is 0 Å². The molecule has 0 spiro atoms. The molecular formula is C46H54Cl2Zr-4. The van der Waals surface area contributed by atoms with Crippen molar-refractivity contribution in [3.63, 3.8) is 0 Å². The van der Waals surface area contributed by atoms with E-state index in [0.717, 1.165) is 6.42 Å². The molecular weight excluding hydrogens is 715 g/mol. The van der Waals surface area contributed by atoms with Crippen molar-refractivity contribution in [1.82, 2.24) is 0 Å². The van der Waals surface area contributed by atoms with Crippen LogP contribution in [0.4, 0.5) is 0 Å². The molecule has 5 aromatic rings. The van der Waals surface area contributed by atoms with Gasteiger partial charge in [-0.15, -0.1) is 46.2 Å². The number of fused-ring (bicyclic) bond motifs is 3. The van der Waals surface area contributed by atoms with Crippen molar-refractivity contribution in [2.45, 2.75) is 98.3 Å². The first-order valence-corrected chi connectivity index (χ1v) is 20.1. The van der Waals surface area contributed by atoms with Gasteiger partial charge in [-0.3, -0.25) is 6.08 Å². The smallest absolute Gasteiger partial charge is 1.00 e. The van der Waals surface area contributed by atoms with E-state index in [0.29, 0.717) is 0 Å². The number of rotatable bonds is 6. The molecule has 1 aliphatic rings. The molecule has 0 unspecified atom stereocenters. The average molecular weight is 769 g/mol. The number of aryl methyl sites for hydroxylation is 4. The topological polar surface area (TPSA) is 0 Å². The van der Waals surface area contributed by atoms with E-state index in [-0.39, 0.29) is 57.9 Å². The first-order chi connectivity index (χ1) is 22.4. The van der Waals surface area contributed by atoms with Gasteiger partial charge in [-0.25, -0.2) is 12.2 Å². The number of allylic oxidation sites excluding steroid dienone is 4. The zero-order valence-corrected chi connectivity index (χ0v) is 34.8. The molecule has 0 saturated heterocycles. The number of hydrogen-bond donors (Lipinski definition) is 0. The molecule has 0 radical (unpaired) electrons. The van der Waals surface area contributed by atoms with E-state index in [1.165, 1.54) is 80.6 Å². The van der Waals surface area contributed by atoms with Crippen LogP contribution in [-0.2, 0) is 45.9 Å². The Labute approximate surface area is 320 Å². The normalized spacial score (nSPS) is 11.8. The SMILES string of the molecule is Cc1cc2[cH-]c3cc(C)c(C(C)(C)C)cc3c2cc1C(C)(C)C.[C-]1=CC=CC1.[CH](CCc1ccccc1)=[Zr]=[CH]CCc1ccccc1.[Cl-].[Cl-]. The standard InChI is InChI=1S/C23H29.2C9H10.C5H5.2ClH.Zr/c1-14-9-16-11-17-10-15(2)21(23(6,7)8)13-19(17)18(16)12-20(14)22(3,4)5;2*1-2-6-9-7-4-3-5-8-9;1-2-4-5-3-1;;;/h9-13H,1-8H3;2*1,3-5,7-8H,2,6H2;1-3H,4H2;2*1H;/q-1;;;-1;;;/p-2. The second kappa shape index (κ2) is 20.3. The largest absolute Gasteiger partial charge is 1.00 e. The molecule has 0 N–H and O–H groups in total. The van der Waals surface area contributed by atoms with E-state index in [4.69, 9.17) is 0 Å². The summed E-state index contributed by atoms with van der Waals surface area (Å²) in [7, 11) is 0. The molecule has 0 saturated carbocycles. The van der Waals surface area contributed by atoms with Crippen LogP contribution in [-0.4, -0.2) is 7.42 Å². The fraction of sp³-hybridized carbons (Fsp3) is 0.326. The Bertz CT molecular complexity index is 1720. The number of hydrogen-bond acceptors (Lipinski definition) is 0. The summed E-state index contributed by atoms with van der Waals surface area (Å²) in [4.78, 5) is 0. The van der Waals surface area contributed by atoms with Crippen molar-refractivity contribution < 1.29 is 47.1 Å².